The van der Waals surface area contributed by atoms with Gasteiger partial charge in [-0.25, -0.2) is 0 Å². The summed E-state index contributed by atoms with van der Waals surface area (Å²) in [6, 6.07) is 59.9. The third-order valence-electron chi connectivity index (χ3n) is 16.6. The summed E-state index contributed by atoms with van der Waals surface area (Å²) in [6.45, 7) is 12.0. The fraction of sp³-hybridized carbons (Fsp3) is 0.212. The molecule has 6 aliphatic rings. The lowest BCUT2D eigenvalue weighted by molar-refractivity contribution is 0.583. The maximum Gasteiger partial charge on any atom is 0.0465 e. The van der Waals surface area contributed by atoms with E-state index in [1.165, 1.54) is 95.7 Å². The molecule has 0 aliphatic heterocycles. The molecular weight excluding hydrogens is 807 g/mol. The number of benzene rings is 7. The van der Waals surface area contributed by atoms with Crippen LogP contribution in [0.1, 0.15) is 98.7 Å². The molecule has 0 saturated heterocycles. The van der Waals surface area contributed by atoms with E-state index in [-0.39, 0.29) is 10.8 Å². The molecule has 0 radical (unpaired) electrons. The van der Waals surface area contributed by atoms with Crippen molar-refractivity contribution in [2.75, 3.05) is 4.90 Å². The molecule has 1 heteroatoms. The number of fused-ring (bicyclic) bond motifs is 12. The minimum absolute atomic E-state index is 0.0995. The van der Waals surface area contributed by atoms with E-state index in [2.05, 4.69) is 228 Å². The van der Waals surface area contributed by atoms with E-state index in [0.29, 0.717) is 17.8 Å². The second kappa shape index (κ2) is 15.0. The van der Waals surface area contributed by atoms with Crippen LogP contribution in [-0.4, -0.2) is 0 Å². The van der Waals surface area contributed by atoms with Gasteiger partial charge in [0.15, 0.2) is 0 Å². The van der Waals surface area contributed by atoms with Gasteiger partial charge >= 0.3 is 0 Å². The molecule has 326 valence electrons. The Morgan fingerprint density at radius 2 is 1.12 bits per heavy atom. The zero-order valence-corrected chi connectivity index (χ0v) is 39.4. The van der Waals surface area contributed by atoms with Crippen LogP contribution in [0.5, 0.6) is 0 Å². The Balaban J connectivity index is 0.874. The number of hydrogen-bond acceptors (Lipinski definition) is 1. The summed E-state index contributed by atoms with van der Waals surface area (Å²) in [5.41, 5.74) is 28.8. The van der Waals surface area contributed by atoms with E-state index in [1.54, 1.807) is 22.3 Å². The van der Waals surface area contributed by atoms with Crippen molar-refractivity contribution < 1.29 is 0 Å². The van der Waals surface area contributed by atoms with E-state index < -0.39 is 0 Å². The second-order valence-corrected chi connectivity index (χ2v) is 21.2. The molecule has 67 heavy (non-hydrogen) atoms. The van der Waals surface area contributed by atoms with Crippen molar-refractivity contribution in [3.05, 3.63) is 249 Å². The maximum atomic E-state index is 2.67. The largest absolute Gasteiger partial charge is 0.310 e. The highest BCUT2D eigenvalue weighted by molar-refractivity contribution is 5.89. The Bertz CT molecular complexity index is 3360. The lowest BCUT2D eigenvalue weighted by Crippen LogP contribution is -2.28. The molecule has 13 rings (SSSR count). The molecule has 0 N–H and O–H groups in total. The van der Waals surface area contributed by atoms with Gasteiger partial charge in [-0.15, -0.1) is 0 Å². The molecular formula is C66H57N. The molecule has 7 aromatic rings. The molecule has 0 saturated carbocycles. The summed E-state index contributed by atoms with van der Waals surface area (Å²) in [4.78, 5) is 2.48. The van der Waals surface area contributed by atoms with Gasteiger partial charge in [0.05, 0.1) is 0 Å². The SMILES string of the molecule is CC1C=CC2=C(C1)C1=C(C=CCC1)C1C=C(Cc3ccc4c(c3)C(C)(C)c3cc(N(c5ccc(-c6ccccc6)cc5)c5ccc6c(c5)C(C)(C)c5ccccc5-6)ccc3-4)c3ccccc3C21. The first-order valence-corrected chi connectivity index (χ1v) is 24.7. The summed E-state index contributed by atoms with van der Waals surface area (Å²) in [7, 11) is 0. The van der Waals surface area contributed by atoms with Crippen molar-refractivity contribution in [2.45, 2.75) is 77.0 Å². The van der Waals surface area contributed by atoms with Gasteiger partial charge in [0.25, 0.3) is 0 Å². The summed E-state index contributed by atoms with van der Waals surface area (Å²) >= 11 is 0. The van der Waals surface area contributed by atoms with Crippen molar-refractivity contribution in [1.29, 1.82) is 0 Å². The molecule has 3 atom stereocenters. The number of rotatable bonds is 6. The Morgan fingerprint density at radius 3 is 1.87 bits per heavy atom. The fourth-order valence-electron chi connectivity index (χ4n) is 13.2. The van der Waals surface area contributed by atoms with Crippen LogP contribution in [0.25, 0.3) is 39.0 Å². The Labute approximate surface area is 397 Å². The molecule has 7 aromatic carbocycles. The van der Waals surface area contributed by atoms with Gasteiger partial charge in [0.2, 0.25) is 0 Å². The molecule has 0 fully saturated rings. The average molecular weight is 864 g/mol. The predicted octanol–water partition coefficient (Wildman–Crippen LogP) is 17.3. The first-order chi connectivity index (χ1) is 32.6. The number of nitrogens with zero attached hydrogens (tertiary/aromatic N) is 1. The molecule has 0 heterocycles. The molecule has 6 aliphatic carbocycles. The highest BCUT2D eigenvalue weighted by atomic mass is 15.1. The average Bonchev–Trinajstić information content (AvgIpc) is 3.73. The predicted molar refractivity (Wildman–Crippen MR) is 281 cm³/mol. The van der Waals surface area contributed by atoms with Gasteiger partial charge < -0.3 is 4.90 Å². The number of allylic oxidation sites excluding steroid dienone is 10. The van der Waals surface area contributed by atoms with E-state index >= 15 is 0 Å². The number of hydrogen-bond donors (Lipinski definition) is 0. The highest BCUT2D eigenvalue weighted by Crippen LogP contribution is 2.57. The maximum absolute atomic E-state index is 2.67. The highest BCUT2D eigenvalue weighted by Gasteiger charge is 2.42. The summed E-state index contributed by atoms with van der Waals surface area (Å²) in [6.07, 6.45) is 16.9. The number of anilines is 3. The standard InChI is InChI=1S/C66H57N/c1-41-23-31-57-58(35-41)50-18-10-11-19-51(50)59-38-45(49-17-9-12-21-56(49)64(57)59)36-42-24-32-53-55-34-30-48(40-63(55)66(4,5)61(53)37-42)67(46-27-25-44(26-28-46)43-15-7-6-8-16-43)47-29-33-54-52-20-13-14-22-60(52)65(2,3)62(54)39-47/h6-9,11-17,19-34,37-41,59,64H,10,18,35-36H2,1-5H3. The first-order valence-electron chi connectivity index (χ1n) is 24.7. The van der Waals surface area contributed by atoms with Crippen LogP contribution in [-0.2, 0) is 17.3 Å². The minimum Gasteiger partial charge on any atom is -0.310 e. The van der Waals surface area contributed by atoms with Gasteiger partial charge in [0.1, 0.15) is 0 Å². The van der Waals surface area contributed by atoms with Crippen molar-refractivity contribution in [3.8, 4) is 33.4 Å². The van der Waals surface area contributed by atoms with E-state index in [1.807, 2.05) is 0 Å². The lowest BCUT2D eigenvalue weighted by Gasteiger charge is -2.43. The second-order valence-electron chi connectivity index (χ2n) is 21.2. The molecule has 0 aromatic heterocycles. The normalized spacial score (nSPS) is 20.7. The zero-order chi connectivity index (χ0) is 45.2. The third-order valence-corrected chi connectivity index (χ3v) is 16.6. The molecule has 0 spiro atoms. The Morgan fingerprint density at radius 1 is 0.522 bits per heavy atom. The summed E-state index contributed by atoms with van der Waals surface area (Å²) in [5, 5.41) is 0. The van der Waals surface area contributed by atoms with Gasteiger partial charge in [-0.05, 0) is 168 Å². The first kappa shape index (κ1) is 40.3. The minimum atomic E-state index is -0.186. The van der Waals surface area contributed by atoms with Gasteiger partial charge in [-0.1, -0.05) is 186 Å². The van der Waals surface area contributed by atoms with Crippen molar-refractivity contribution in [2.24, 2.45) is 11.8 Å². The van der Waals surface area contributed by atoms with Gasteiger partial charge in [-0.3, -0.25) is 0 Å². The summed E-state index contributed by atoms with van der Waals surface area (Å²) in [5.74, 6) is 1.34. The quantitative estimate of drug-likeness (QED) is 0.161. The van der Waals surface area contributed by atoms with Crippen LogP contribution in [0.3, 0.4) is 0 Å². The van der Waals surface area contributed by atoms with E-state index in [9.17, 15) is 0 Å². The zero-order valence-electron chi connectivity index (χ0n) is 39.4. The van der Waals surface area contributed by atoms with Crippen molar-refractivity contribution >= 4 is 22.6 Å². The smallest absolute Gasteiger partial charge is 0.0465 e. The molecule has 1 nitrogen and oxygen atoms in total. The topological polar surface area (TPSA) is 3.24 Å². The van der Waals surface area contributed by atoms with Crippen LogP contribution in [0.15, 0.2) is 210 Å². The monoisotopic (exact) mass is 863 g/mol. The third kappa shape index (κ3) is 6.20. The Hall–Kier alpha value is -6.96. The summed E-state index contributed by atoms with van der Waals surface area (Å²) < 4.78 is 0. The fourth-order valence-corrected chi connectivity index (χ4v) is 13.2. The van der Waals surface area contributed by atoms with Crippen LogP contribution >= 0.6 is 0 Å². The van der Waals surface area contributed by atoms with Crippen LogP contribution in [0, 0.1) is 11.8 Å². The molecule has 3 unspecified atom stereocenters. The van der Waals surface area contributed by atoms with E-state index in [4.69, 9.17) is 0 Å². The Kier molecular flexibility index (Phi) is 9.05. The van der Waals surface area contributed by atoms with Gasteiger partial charge in [-0.2, -0.15) is 0 Å². The van der Waals surface area contributed by atoms with Gasteiger partial charge in [0, 0.05) is 39.7 Å². The van der Waals surface area contributed by atoms with Crippen LogP contribution in [0.2, 0.25) is 0 Å². The molecule has 0 amide bonds. The van der Waals surface area contributed by atoms with Crippen molar-refractivity contribution in [3.63, 3.8) is 0 Å². The molecule has 0 bridgehead atoms. The lowest BCUT2D eigenvalue weighted by atomic mass is 9.61. The van der Waals surface area contributed by atoms with Crippen LogP contribution < -0.4 is 4.90 Å². The van der Waals surface area contributed by atoms with Crippen molar-refractivity contribution in [1.82, 2.24) is 0 Å². The van der Waals surface area contributed by atoms with Crippen LogP contribution in [0.4, 0.5) is 17.1 Å². The van der Waals surface area contributed by atoms with E-state index in [0.717, 1.165) is 24.9 Å².